The average molecular weight is 518 g/mol. The molecule has 11 heteroatoms. The number of carbonyl (C=O) groups is 1. The highest BCUT2D eigenvalue weighted by Gasteiger charge is 2.54. The van der Waals surface area contributed by atoms with Crippen LogP contribution < -0.4 is 5.32 Å². The SMILES string of the molecule is CO[C@]1(CO)CC2CC[C@@H](C1)C2S(=O)(=O)c1cc(C(=O)Nc2cc(F)c(F)c(F)c2)ccc1Cl. The highest BCUT2D eigenvalue weighted by molar-refractivity contribution is 7.92. The average Bonchev–Trinajstić information content (AvgIpc) is 3.09. The molecule has 4 atom stereocenters. The molecule has 2 bridgehead atoms. The molecular formula is C23H23ClF3NO5S. The maximum atomic E-state index is 13.7. The monoisotopic (exact) mass is 517 g/mol. The van der Waals surface area contributed by atoms with Crippen LogP contribution in [0, 0.1) is 29.3 Å². The van der Waals surface area contributed by atoms with Crippen LogP contribution in [0.25, 0.3) is 0 Å². The molecule has 2 aliphatic rings. The molecule has 2 saturated carbocycles. The van der Waals surface area contributed by atoms with Crippen molar-refractivity contribution >= 4 is 33.0 Å². The van der Waals surface area contributed by atoms with Gasteiger partial charge in [-0.2, -0.15) is 0 Å². The van der Waals surface area contributed by atoms with E-state index in [4.69, 9.17) is 16.3 Å². The normalized spacial score (nSPS) is 26.5. The number of benzene rings is 2. The molecule has 2 fully saturated rings. The van der Waals surface area contributed by atoms with Gasteiger partial charge < -0.3 is 15.2 Å². The van der Waals surface area contributed by atoms with Crippen LogP contribution in [0.3, 0.4) is 0 Å². The maximum Gasteiger partial charge on any atom is 0.255 e. The minimum atomic E-state index is -3.96. The number of sulfone groups is 1. The first kappa shape index (κ1) is 25.0. The predicted molar refractivity (Wildman–Crippen MR) is 119 cm³/mol. The Labute approximate surface area is 200 Å². The number of nitrogens with one attached hydrogen (secondary N) is 1. The van der Waals surface area contributed by atoms with Gasteiger partial charge in [-0.25, -0.2) is 21.6 Å². The maximum absolute atomic E-state index is 13.7. The second-order valence-corrected chi connectivity index (χ2v) is 11.4. The number of hydrogen-bond acceptors (Lipinski definition) is 5. The van der Waals surface area contributed by atoms with Crippen molar-refractivity contribution in [1.29, 1.82) is 0 Å². The molecule has 2 aromatic rings. The van der Waals surface area contributed by atoms with Crippen LogP contribution in [0.15, 0.2) is 35.2 Å². The number of carbonyl (C=O) groups excluding carboxylic acids is 1. The van der Waals surface area contributed by atoms with E-state index in [1.807, 2.05) is 0 Å². The van der Waals surface area contributed by atoms with Gasteiger partial charge >= 0.3 is 0 Å². The lowest BCUT2D eigenvalue weighted by atomic mass is 9.77. The van der Waals surface area contributed by atoms with Crippen molar-refractivity contribution in [2.45, 2.75) is 41.4 Å². The van der Waals surface area contributed by atoms with Gasteiger partial charge in [0.15, 0.2) is 27.3 Å². The van der Waals surface area contributed by atoms with E-state index in [1.165, 1.54) is 19.2 Å². The number of methoxy groups -OCH3 is 1. The minimum Gasteiger partial charge on any atom is -0.393 e. The Kier molecular flexibility index (Phi) is 6.71. The molecule has 0 heterocycles. The van der Waals surface area contributed by atoms with Crippen molar-refractivity contribution in [2.24, 2.45) is 11.8 Å². The summed E-state index contributed by atoms with van der Waals surface area (Å²) >= 11 is 6.23. The molecule has 2 aromatic carbocycles. The van der Waals surface area contributed by atoms with Gasteiger partial charge in [-0.1, -0.05) is 11.6 Å². The van der Waals surface area contributed by atoms with Crippen LogP contribution in [-0.2, 0) is 14.6 Å². The number of anilines is 1. The molecule has 6 nitrogen and oxygen atoms in total. The summed E-state index contributed by atoms with van der Waals surface area (Å²) in [5.74, 6) is -5.94. The lowest BCUT2D eigenvalue weighted by molar-refractivity contribution is -0.0903. The molecular weight excluding hydrogens is 495 g/mol. The fourth-order valence-electron chi connectivity index (χ4n) is 5.32. The predicted octanol–water partition coefficient (Wildman–Crippen LogP) is 4.35. The van der Waals surface area contributed by atoms with Crippen molar-refractivity contribution < 1.29 is 36.2 Å². The van der Waals surface area contributed by atoms with E-state index in [0.29, 0.717) is 37.8 Å². The summed E-state index contributed by atoms with van der Waals surface area (Å²) in [6, 6.07) is 4.92. The zero-order valence-corrected chi connectivity index (χ0v) is 19.7. The molecule has 0 aromatic heterocycles. The Morgan fingerprint density at radius 3 is 2.26 bits per heavy atom. The molecule has 2 unspecified atom stereocenters. The molecule has 2 N–H and O–H groups in total. The van der Waals surface area contributed by atoms with Crippen LogP contribution >= 0.6 is 11.6 Å². The smallest absolute Gasteiger partial charge is 0.255 e. The van der Waals surface area contributed by atoms with Gasteiger partial charge in [0.05, 0.1) is 27.4 Å². The number of ether oxygens (including phenoxy) is 1. The first-order valence-corrected chi connectivity index (χ1v) is 12.6. The number of aliphatic hydroxyl groups is 1. The summed E-state index contributed by atoms with van der Waals surface area (Å²) in [7, 11) is -2.46. The van der Waals surface area contributed by atoms with Gasteiger partial charge in [0.1, 0.15) is 0 Å². The van der Waals surface area contributed by atoms with E-state index in [2.05, 4.69) is 5.32 Å². The summed E-state index contributed by atoms with van der Waals surface area (Å²) in [4.78, 5) is 12.4. The highest BCUT2D eigenvalue weighted by atomic mass is 35.5. The van der Waals surface area contributed by atoms with Gasteiger partial charge in [0.2, 0.25) is 0 Å². The Morgan fingerprint density at radius 2 is 1.74 bits per heavy atom. The van der Waals surface area contributed by atoms with Gasteiger partial charge in [0.25, 0.3) is 5.91 Å². The third kappa shape index (κ3) is 4.32. The number of fused-ring (bicyclic) bond motifs is 2. The molecule has 34 heavy (non-hydrogen) atoms. The van der Waals surface area contributed by atoms with Crippen molar-refractivity contribution in [2.75, 3.05) is 19.0 Å². The fourth-order valence-corrected chi connectivity index (χ4v) is 8.17. The van der Waals surface area contributed by atoms with E-state index in [0.717, 1.165) is 6.07 Å². The zero-order valence-electron chi connectivity index (χ0n) is 18.2. The molecule has 1 amide bonds. The minimum absolute atomic E-state index is 0.0550. The van der Waals surface area contributed by atoms with Crippen molar-refractivity contribution in [3.63, 3.8) is 0 Å². The molecule has 184 valence electrons. The van der Waals surface area contributed by atoms with Gasteiger partial charge in [-0.05, 0) is 55.7 Å². The summed E-state index contributed by atoms with van der Waals surface area (Å²) in [5.41, 5.74) is -1.20. The molecule has 4 rings (SSSR count). The Bertz CT molecular complexity index is 1200. The summed E-state index contributed by atoms with van der Waals surface area (Å²) in [6.45, 7) is -0.204. The lowest BCUT2D eigenvalue weighted by Crippen LogP contribution is -2.49. The van der Waals surface area contributed by atoms with Gasteiger partial charge in [-0.15, -0.1) is 0 Å². The largest absolute Gasteiger partial charge is 0.393 e. The third-order valence-corrected chi connectivity index (χ3v) is 9.81. The molecule has 0 spiro atoms. The van der Waals surface area contributed by atoms with Crippen molar-refractivity contribution in [3.05, 3.63) is 58.4 Å². The van der Waals surface area contributed by atoms with Crippen molar-refractivity contribution in [1.82, 2.24) is 0 Å². The van der Waals surface area contributed by atoms with Gasteiger partial charge in [-0.3, -0.25) is 4.79 Å². The third-order valence-electron chi connectivity index (χ3n) is 6.93. The topological polar surface area (TPSA) is 92.7 Å². The van der Waals surface area contributed by atoms with Crippen LogP contribution in [0.5, 0.6) is 0 Å². The number of rotatable bonds is 6. The second kappa shape index (κ2) is 9.14. The van der Waals surface area contributed by atoms with E-state index in [-0.39, 0.29) is 39.6 Å². The summed E-state index contributed by atoms with van der Waals surface area (Å²) < 4.78 is 73.0. The summed E-state index contributed by atoms with van der Waals surface area (Å²) in [5, 5.41) is 11.3. The number of hydrogen-bond donors (Lipinski definition) is 2. The van der Waals surface area contributed by atoms with Crippen LogP contribution in [-0.4, -0.2) is 44.0 Å². The number of aliphatic hydroxyl groups excluding tert-OH is 1. The molecule has 0 saturated heterocycles. The van der Waals surface area contributed by atoms with E-state index in [9.17, 15) is 31.5 Å². The zero-order chi connectivity index (χ0) is 24.8. The first-order valence-electron chi connectivity index (χ1n) is 10.7. The Morgan fingerprint density at radius 1 is 1.15 bits per heavy atom. The summed E-state index contributed by atoms with van der Waals surface area (Å²) in [6.07, 6.45) is 2.11. The van der Waals surface area contributed by atoms with E-state index >= 15 is 0 Å². The molecule has 0 aliphatic heterocycles. The van der Waals surface area contributed by atoms with Crippen LogP contribution in [0.2, 0.25) is 5.02 Å². The van der Waals surface area contributed by atoms with Crippen LogP contribution in [0.4, 0.5) is 18.9 Å². The highest BCUT2D eigenvalue weighted by Crippen LogP contribution is 2.52. The molecule has 0 radical (unpaired) electrons. The Balaban J connectivity index is 1.63. The standard InChI is InChI=1S/C23H23ClF3NO5S/c1-33-23(11-29)9-13-2-3-14(10-23)21(13)34(31,32)19-6-12(4-5-16(19)24)22(30)28-15-7-17(25)20(27)18(26)8-15/h4-8,13-14,21,29H,2-3,9-11H2,1H3,(H,28,30)/t13-,14?,21?,23-/m0/s1. The fraction of sp³-hybridized carbons (Fsp3) is 0.435. The van der Waals surface area contributed by atoms with E-state index < -0.39 is 44.0 Å². The second-order valence-electron chi connectivity index (χ2n) is 8.91. The number of amides is 1. The van der Waals surface area contributed by atoms with Gasteiger partial charge in [0, 0.05) is 30.5 Å². The number of halogens is 4. The van der Waals surface area contributed by atoms with E-state index in [1.54, 1.807) is 0 Å². The molecule has 2 aliphatic carbocycles. The van der Waals surface area contributed by atoms with Crippen molar-refractivity contribution in [3.8, 4) is 0 Å². The quantitative estimate of drug-likeness (QED) is 0.556. The first-order chi connectivity index (χ1) is 16.0. The Hall–Kier alpha value is -2.14. The lowest BCUT2D eigenvalue weighted by Gasteiger charge is -2.42. The van der Waals surface area contributed by atoms with Crippen LogP contribution in [0.1, 0.15) is 36.0 Å².